The Balaban J connectivity index is 2.17. The van der Waals surface area contributed by atoms with Crippen molar-refractivity contribution < 1.29 is 4.79 Å². The predicted octanol–water partition coefficient (Wildman–Crippen LogP) is 0.230. The average molecular weight is 224 g/mol. The van der Waals surface area contributed by atoms with Crippen LogP contribution in [0.2, 0.25) is 0 Å². The van der Waals surface area contributed by atoms with Gasteiger partial charge in [0.05, 0.1) is 16.4 Å². The Morgan fingerprint density at radius 2 is 1.82 bits per heavy atom. The molecule has 82 valence electrons. The third kappa shape index (κ3) is 1.78. The first-order valence-electron chi connectivity index (χ1n) is 5.11. The fourth-order valence-corrected chi connectivity index (χ4v) is 1.59. The number of carbonyl (C=O) groups is 1. The van der Waals surface area contributed by atoms with Gasteiger partial charge in [0.2, 0.25) is 0 Å². The first kappa shape index (κ1) is 9.65. The van der Waals surface area contributed by atoms with Gasteiger partial charge in [-0.15, -0.1) is 0 Å². The summed E-state index contributed by atoms with van der Waals surface area (Å²) in [4.78, 5) is 20.0. The van der Waals surface area contributed by atoms with Crippen molar-refractivity contribution in [3.05, 3.63) is 58.6 Å². The summed E-state index contributed by atoms with van der Waals surface area (Å²) in [6, 6.07) is 9.04. The van der Waals surface area contributed by atoms with Gasteiger partial charge in [0, 0.05) is 6.20 Å². The van der Waals surface area contributed by atoms with Crippen molar-refractivity contribution in [3.63, 3.8) is 0 Å². The number of nitrogens with one attached hydrogen (secondary N) is 1. The number of para-hydroxylation sites is 2. The van der Waals surface area contributed by atoms with Crippen LogP contribution in [-0.2, 0) is 4.79 Å². The van der Waals surface area contributed by atoms with Crippen LogP contribution in [0.15, 0.2) is 52.2 Å². The summed E-state index contributed by atoms with van der Waals surface area (Å²) in [5, 5.41) is 7.87. The van der Waals surface area contributed by atoms with E-state index in [0.717, 1.165) is 5.69 Å². The molecule has 1 aliphatic rings. The molecule has 0 aliphatic carbocycles. The van der Waals surface area contributed by atoms with Crippen LogP contribution in [0, 0.1) is 0 Å². The SMILES string of the molecule is O=C1N=c2ccccc2=NC1=Cc1ccn[nH]1. The van der Waals surface area contributed by atoms with Gasteiger partial charge in [-0.05, 0) is 24.3 Å². The molecule has 0 saturated carbocycles. The predicted molar refractivity (Wildman–Crippen MR) is 60.3 cm³/mol. The molecule has 0 bridgehead atoms. The minimum atomic E-state index is -0.335. The van der Waals surface area contributed by atoms with Crippen molar-refractivity contribution in [3.8, 4) is 0 Å². The zero-order valence-corrected chi connectivity index (χ0v) is 8.79. The zero-order chi connectivity index (χ0) is 11.7. The van der Waals surface area contributed by atoms with Gasteiger partial charge >= 0.3 is 0 Å². The van der Waals surface area contributed by atoms with Crippen molar-refractivity contribution in [2.45, 2.75) is 0 Å². The molecule has 1 amide bonds. The number of aromatic nitrogens is 2. The number of rotatable bonds is 1. The van der Waals surface area contributed by atoms with Gasteiger partial charge in [0.1, 0.15) is 5.70 Å². The maximum atomic E-state index is 11.7. The summed E-state index contributed by atoms with van der Waals surface area (Å²) in [6.07, 6.45) is 3.25. The van der Waals surface area contributed by atoms with Gasteiger partial charge in [-0.2, -0.15) is 5.10 Å². The summed E-state index contributed by atoms with van der Waals surface area (Å²) in [6.45, 7) is 0. The Morgan fingerprint density at radius 3 is 2.53 bits per heavy atom. The Labute approximate surface area is 96.2 Å². The highest BCUT2D eigenvalue weighted by atomic mass is 16.1. The second-order valence-corrected chi connectivity index (χ2v) is 3.56. The maximum Gasteiger partial charge on any atom is 0.296 e. The number of amides is 1. The molecule has 5 heteroatoms. The maximum absolute atomic E-state index is 11.7. The molecule has 0 saturated heterocycles. The standard InChI is InChI=1S/C12H8N4O/c17-12-11(7-8-5-6-13-16-8)14-9-3-1-2-4-10(9)15-12/h1-7H,(H,13,16). The van der Waals surface area contributed by atoms with E-state index in [0.29, 0.717) is 16.4 Å². The lowest BCUT2D eigenvalue weighted by molar-refractivity contribution is -0.114. The van der Waals surface area contributed by atoms with Crippen LogP contribution in [0.5, 0.6) is 0 Å². The molecule has 0 radical (unpaired) electrons. The fourth-order valence-electron chi connectivity index (χ4n) is 1.59. The topological polar surface area (TPSA) is 70.5 Å². The summed E-state index contributed by atoms with van der Waals surface area (Å²) in [5.74, 6) is -0.335. The van der Waals surface area contributed by atoms with Crippen molar-refractivity contribution in [1.29, 1.82) is 0 Å². The van der Waals surface area contributed by atoms with Crippen LogP contribution >= 0.6 is 0 Å². The molecule has 2 heterocycles. The van der Waals surface area contributed by atoms with E-state index in [4.69, 9.17) is 0 Å². The number of fused-ring (bicyclic) bond motifs is 1. The molecule has 3 rings (SSSR count). The summed E-state index contributed by atoms with van der Waals surface area (Å²) in [7, 11) is 0. The molecule has 0 unspecified atom stereocenters. The lowest BCUT2D eigenvalue weighted by Gasteiger charge is -2.01. The first-order chi connectivity index (χ1) is 8.33. The highest BCUT2D eigenvalue weighted by molar-refractivity contribution is 5.98. The van der Waals surface area contributed by atoms with Gasteiger partial charge in [-0.3, -0.25) is 9.89 Å². The van der Waals surface area contributed by atoms with Gasteiger partial charge in [-0.1, -0.05) is 12.1 Å². The number of H-pyrrole nitrogens is 1. The van der Waals surface area contributed by atoms with E-state index in [2.05, 4.69) is 20.2 Å². The lowest BCUT2D eigenvalue weighted by Crippen LogP contribution is -2.30. The van der Waals surface area contributed by atoms with Gasteiger partial charge in [0.25, 0.3) is 5.91 Å². The highest BCUT2D eigenvalue weighted by Crippen LogP contribution is 2.07. The van der Waals surface area contributed by atoms with E-state index in [9.17, 15) is 4.79 Å². The van der Waals surface area contributed by atoms with Gasteiger partial charge < -0.3 is 0 Å². The number of hydrogen-bond donors (Lipinski definition) is 1. The van der Waals surface area contributed by atoms with E-state index in [1.165, 1.54) is 0 Å². The van der Waals surface area contributed by atoms with E-state index in [1.54, 1.807) is 24.4 Å². The van der Waals surface area contributed by atoms with Crippen LogP contribution in [-0.4, -0.2) is 16.1 Å². The van der Waals surface area contributed by atoms with Crippen LogP contribution in [0.25, 0.3) is 6.08 Å². The molecule has 2 aromatic rings. The first-order valence-corrected chi connectivity index (χ1v) is 5.11. The number of aromatic amines is 1. The van der Waals surface area contributed by atoms with Crippen molar-refractivity contribution in [2.24, 2.45) is 9.98 Å². The Bertz CT molecular complexity index is 713. The molecule has 1 aromatic carbocycles. The van der Waals surface area contributed by atoms with E-state index < -0.39 is 0 Å². The molecule has 0 fully saturated rings. The summed E-state index contributed by atoms with van der Waals surface area (Å²) < 4.78 is 0. The molecule has 17 heavy (non-hydrogen) atoms. The number of benzene rings is 1. The largest absolute Gasteiger partial charge is 0.296 e. The van der Waals surface area contributed by atoms with Crippen LogP contribution in [0.1, 0.15) is 5.69 Å². The molecule has 1 aromatic heterocycles. The normalized spacial score (nSPS) is 16.2. The summed E-state index contributed by atoms with van der Waals surface area (Å²) in [5.41, 5.74) is 1.04. The Morgan fingerprint density at radius 1 is 1.06 bits per heavy atom. The third-order valence-electron chi connectivity index (χ3n) is 2.38. The monoisotopic (exact) mass is 224 g/mol. The van der Waals surface area contributed by atoms with Crippen LogP contribution in [0.4, 0.5) is 0 Å². The van der Waals surface area contributed by atoms with E-state index in [-0.39, 0.29) is 5.91 Å². The summed E-state index contributed by atoms with van der Waals surface area (Å²) >= 11 is 0. The molecular formula is C12H8N4O. The number of hydrogen-bond acceptors (Lipinski definition) is 3. The third-order valence-corrected chi connectivity index (χ3v) is 2.38. The van der Waals surface area contributed by atoms with E-state index >= 15 is 0 Å². The smallest absolute Gasteiger partial charge is 0.278 e. The Kier molecular flexibility index (Phi) is 2.15. The Hall–Kier alpha value is -2.56. The zero-order valence-electron chi connectivity index (χ0n) is 8.79. The average Bonchev–Trinajstić information content (AvgIpc) is 2.83. The molecule has 0 spiro atoms. The van der Waals surface area contributed by atoms with Crippen LogP contribution < -0.4 is 10.7 Å². The second kappa shape index (κ2) is 3.79. The molecule has 1 N–H and O–H groups in total. The van der Waals surface area contributed by atoms with Gasteiger partial charge in [0.15, 0.2) is 0 Å². The lowest BCUT2D eigenvalue weighted by atomic mass is 10.2. The minimum Gasteiger partial charge on any atom is -0.278 e. The number of nitrogens with zero attached hydrogens (tertiary/aromatic N) is 3. The van der Waals surface area contributed by atoms with Crippen molar-refractivity contribution in [1.82, 2.24) is 10.2 Å². The molecule has 0 atom stereocenters. The highest BCUT2D eigenvalue weighted by Gasteiger charge is 2.11. The van der Waals surface area contributed by atoms with E-state index in [1.807, 2.05) is 18.2 Å². The minimum absolute atomic E-state index is 0.313. The molecule has 1 aliphatic heterocycles. The molecule has 5 nitrogen and oxygen atoms in total. The quantitative estimate of drug-likeness (QED) is 0.704. The van der Waals surface area contributed by atoms with Gasteiger partial charge in [-0.25, -0.2) is 9.98 Å². The fraction of sp³-hybridized carbons (Fsp3) is 0. The van der Waals surface area contributed by atoms with Crippen molar-refractivity contribution in [2.75, 3.05) is 0 Å². The second-order valence-electron chi connectivity index (χ2n) is 3.56. The number of carbonyl (C=O) groups excluding carboxylic acids is 1. The molecular weight excluding hydrogens is 216 g/mol. The van der Waals surface area contributed by atoms with Crippen LogP contribution in [0.3, 0.4) is 0 Å². The van der Waals surface area contributed by atoms with Crippen molar-refractivity contribution >= 4 is 12.0 Å².